The van der Waals surface area contributed by atoms with E-state index in [1.807, 2.05) is 39.0 Å². The van der Waals surface area contributed by atoms with Crippen LogP contribution in [0.1, 0.15) is 25.0 Å². The van der Waals surface area contributed by atoms with Crippen molar-refractivity contribution in [2.24, 2.45) is 0 Å². The van der Waals surface area contributed by atoms with Crippen LogP contribution in [-0.2, 0) is 20.7 Å². The average Bonchev–Trinajstić information content (AvgIpc) is 2.47. The van der Waals surface area contributed by atoms with Gasteiger partial charge in [0.1, 0.15) is 0 Å². The number of hydrogen-bond acceptors (Lipinski definition) is 3. The lowest BCUT2D eigenvalue weighted by Crippen LogP contribution is -2.21. The normalized spacial score (nSPS) is 11.0. The molecule has 0 atom stereocenters. The maximum absolute atomic E-state index is 11.8. The number of allylic oxidation sites excluding steroid dienone is 3. The van der Waals surface area contributed by atoms with Crippen LogP contribution in [0.4, 0.5) is 5.69 Å². The van der Waals surface area contributed by atoms with Gasteiger partial charge >= 0.3 is 5.97 Å². The summed E-state index contributed by atoms with van der Waals surface area (Å²) in [4.78, 5) is 23.2. The Balaban J connectivity index is 2.57. The highest BCUT2D eigenvalue weighted by molar-refractivity contribution is 5.95. The lowest BCUT2D eigenvalue weighted by molar-refractivity contribution is -0.142. The molecule has 112 valence electrons. The van der Waals surface area contributed by atoms with Gasteiger partial charge in [-0.3, -0.25) is 4.79 Å². The van der Waals surface area contributed by atoms with Gasteiger partial charge in [-0.25, -0.2) is 4.79 Å². The van der Waals surface area contributed by atoms with E-state index in [4.69, 9.17) is 4.74 Å². The van der Waals surface area contributed by atoms with Crippen LogP contribution in [0, 0.1) is 6.92 Å². The van der Waals surface area contributed by atoms with E-state index in [0.717, 1.165) is 23.2 Å². The first-order valence-electron chi connectivity index (χ1n) is 6.93. The van der Waals surface area contributed by atoms with Gasteiger partial charge in [-0.15, -0.1) is 0 Å². The van der Waals surface area contributed by atoms with Gasteiger partial charge in [0.15, 0.2) is 6.61 Å². The molecule has 0 aliphatic heterocycles. The van der Waals surface area contributed by atoms with E-state index in [0.29, 0.717) is 0 Å². The van der Waals surface area contributed by atoms with Crippen LogP contribution >= 0.6 is 0 Å². The number of benzene rings is 1. The quantitative estimate of drug-likeness (QED) is 0.496. The van der Waals surface area contributed by atoms with Crippen molar-refractivity contribution in [3.8, 4) is 0 Å². The zero-order valence-corrected chi connectivity index (χ0v) is 12.7. The van der Waals surface area contributed by atoms with Gasteiger partial charge in [0.25, 0.3) is 5.91 Å². The average molecular weight is 287 g/mol. The van der Waals surface area contributed by atoms with Gasteiger partial charge in [-0.1, -0.05) is 43.4 Å². The summed E-state index contributed by atoms with van der Waals surface area (Å²) in [7, 11) is 0. The Morgan fingerprint density at radius 2 is 2.05 bits per heavy atom. The lowest BCUT2D eigenvalue weighted by Gasteiger charge is -2.12. The van der Waals surface area contributed by atoms with Gasteiger partial charge in [0.05, 0.1) is 0 Å². The Labute approximate surface area is 125 Å². The minimum Gasteiger partial charge on any atom is -0.452 e. The molecule has 0 aromatic heterocycles. The molecular weight excluding hydrogens is 266 g/mol. The molecule has 0 unspecified atom stereocenters. The van der Waals surface area contributed by atoms with Crippen LogP contribution in [-0.4, -0.2) is 18.5 Å². The number of ether oxygens (including phenoxy) is 1. The zero-order chi connectivity index (χ0) is 15.7. The van der Waals surface area contributed by atoms with Gasteiger partial charge < -0.3 is 10.1 Å². The molecule has 0 bridgehead atoms. The summed E-state index contributed by atoms with van der Waals surface area (Å²) < 4.78 is 4.86. The van der Waals surface area contributed by atoms with E-state index in [9.17, 15) is 9.59 Å². The van der Waals surface area contributed by atoms with E-state index < -0.39 is 5.97 Å². The highest BCUT2D eigenvalue weighted by atomic mass is 16.5. The highest BCUT2D eigenvalue weighted by Gasteiger charge is 2.10. The fourth-order valence-electron chi connectivity index (χ4n) is 1.81. The Bertz CT molecular complexity index is 559. The standard InChI is InChI=1S/C17H21NO3/c1-4-6-7-11-16(20)21-12-15(19)18-17-13(3)9-8-10-14(17)5-2/h4,6-11H,5,12H2,1-3H3,(H,18,19)/b6-4+,11-7+. The molecule has 1 aromatic carbocycles. The molecule has 1 aromatic rings. The third-order valence-electron chi connectivity index (χ3n) is 2.89. The van der Waals surface area contributed by atoms with Crippen molar-refractivity contribution in [3.63, 3.8) is 0 Å². The second-order valence-electron chi connectivity index (χ2n) is 4.50. The van der Waals surface area contributed by atoms with E-state index in [1.54, 1.807) is 18.2 Å². The number of hydrogen-bond donors (Lipinski definition) is 1. The number of nitrogens with one attached hydrogen (secondary N) is 1. The van der Waals surface area contributed by atoms with Crippen molar-refractivity contribution in [2.45, 2.75) is 27.2 Å². The Morgan fingerprint density at radius 1 is 1.29 bits per heavy atom. The Kier molecular flexibility index (Phi) is 6.95. The van der Waals surface area contributed by atoms with Crippen LogP contribution < -0.4 is 5.32 Å². The van der Waals surface area contributed by atoms with Crippen LogP contribution in [0.3, 0.4) is 0 Å². The number of rotatable bonds is 6. The molecule has 0 spiro atoms. The van der Waals surface area contributed by atoms with Crippen LogP contribution in [0.2, 0.25) is 0 Å². The minimum absolute atomic E-state index is 0.295. The van der Waals surface area contributed by atoms with Crippen LogP contribution in [0.15, 0.2) is 42.5 Å². The summed E-state index contributed by atoms with van der Waals surface area (Å²) in [5.41, 5.74) is 2.84. The van der Waals surface area contributed by atoms with Gasteiger partial charge in [0, 0.05) is 11.8 Å². The second-order valence-corrected chi connectivity index (χ2v) is 4.50. The maximum atomic E-state index is 11.8. The SMILES string of the molecule is C/C=C/C=C/C(=O)OCC(=O)Nc1c(C)cccc1CC. The van der Waals surface area contributed by atoms with E-state index in [1.165, 1.54) is 6.08 Å². The lowest BCUT2D eigenvalue weighted by atomic mass is 10.1. The number of para-hydroxylation sites is 1. The van der Waals surface area contributed by atoms with Crippen molar-refractivity contribution < 1.29 is 14.3 Å². The first-order valence-corrected chi connectivity index (χ1v) is 6.93. The third kappa shape index (κ3) is 5.65. The highest BCUT2D eigenvalue weighted by Crippen LogP contribution is 2.20. The molecule has 4 heteroatoms. The number of carbonyl (C=O) groups is 2. The molecule has 0 radical (unpaired) electrons. The Hall–Kier alpha value is -2.36. The summed E-state index contributed by atoms with van der Waals surface area (Å²) in [5, 5.41) is 2.80. The molecule has 0 heterocycles. The predicted molar refractivity (Wildman–Crippen MR) is 84.1 cm³/mol. The number of aryl methyl sites for hydroxylation is 2. The smallest absolute Gasteiger partial charge is 0.331 e. The molecule has 4 nitrogen and oxygen atoms in total. The van der Waals surface area contributed by atoms with Gasteiger partial charge in [-0.05, 0) is 31.4 Å². The van der Waals surface area contributed by atoms with Gasteiger partial charge in [-0.2, -0.15) is 0 Å². The van der Waals surface area contributed by atoms with Crippen molar-refractivity contribution >= 4 is 17.6 Å². The van der Waals surface area contributed by atoms with Crippen molar-refractivity contribution in [1.82, 2.24) is 0 Å². The third-order valence-corrected chi connectivity index (χ3v) is 2.89. The fraction of sp³-hybridized carbons (Fsp3) is 0.294. The largest absolute Gasteiger partial charge is 0.452 e. The molecule has 0 saturated carbocycles. The van der Waals surface area contributed by atoms with E-state index in [2.05, 4.69) is 5.32 Å². The first kappa shape index (κ1) is 16.7. The Morgan fingerprint density at radius 3 is 2.71 bits per heavy atom. The van der Waals surface area contributed by atoms with Crippen LogP contribution in [0.25, 0.3) is 0 Å². The van der Waals surface area contributed by atoms with E-state index in [-0.39, 0.29) is 12.5 Å². The summed E-state index contributed by atoms with van der Waals surface area (Å²) in [6.45, 7) is 5.50. The molecule has 0 aliphatic rings. The summed E-state index contributed by atoms with van der Waals surface area (Å²) in [5.74, 6) is -0.879. The monoisotopic (exact) mass is 287 g/mol. The molecule has 1 rings (SSSR count). The topological polar surface area (TPSA) is 55.4 Å². The molecule has 21 heavy (non-hydrogen) atoms. The summed E-state index contributed by atoms with van der Waals surface area (Å²) in [6.07, 6.45) is 7.17. The van der Waals surface area contributed by atoms with Crippen molar-refractivity contribution in [1.29, 1.82) is 0 Å². The fourth-order valence-corrected chi connectivity index (χ4v) is 1.81. The number of amides is 1. The predicted octanol–water partition coefficient (Wildman–Crippen LogP) is 3.17. The minimum atomic E-state index is -0.538. The molecule has 1 N–H and O–H groups in total. The number of carbonyl (C=O) groups excluding carboxylic acids is 2. The second kappa shape index (κ2) is 8.74. The maximum Gasteiger partial charge on any atom is 0.331 e. The van der Waals surface area contributed by atoms with E-state index >= 15 is 0 Å². The molecule has 0 fully saturated rings. The zero-order valence-electron chi connectivity index (χ0n) is 12.7. The summed E-state index contributed by atoms with van der Waals surface area (Å²) >= 11 is 0. The van der Waals surface area contributed by atoms with Gasteiger partial charge in [0.2, 0.25) is 0 Å². The molecule has 0 saturated heterocycles. The number of esters is 1. The molecular formula is C17H21NO3. The number of anilines is 1. The first-order chi connectivity index (χ1) is 10.1. The summed E-state index contributed by atoms with van der Waals surface area (Å²) in [6, 6.07) is 5.85. The van der Waals surface area contributed by atoms with Crippen LogP contribution in [0.5, 0.6) is 0 Å². The molecule has 0 aliphatic carbocycles. The molecule has 1 amide bonds. The van der Waals surface area contributed by atoms with Crippen molar-refractivity contribution in [2.75, 3.05) is 11.9 Å². The van der Waals surface area contributed by atoms with Crippen molar-refractivity contribution in [3.05, 3.63) is 53.6 Å².